The zero-order valence-electron chi connectivity index (χ0n) is 12.9. The second-order valence-electron chi connectivity index (χ2n) is 6.58. The van der Waals surface area contributed by atoms with Gasteiger partial charge in [-0.2, -0.15) is 5.10 Å². The van der Waals surface area contributed by atoms with Crippen molar-refractivity contribution >= 4 is 5.91 Å². The lowest BCUT2D eigenvalue weighted by molar-refractivity contribution is -0.123. The van der Waals surface area contributed by atoms with Gasteiger partial charge in [0.2, 0.25) is 5.91 Å². The van der Waals surface area contributed by atoms with Crippen molar-refractivity contribution in [2.75, 3.05) is 0 Å². The summed E-state index contributed by atoms with van der Waals surface area (Å²) in [6.45, 7) is 6.15. The number of rotatable bonds is 3. The standard InChI is InChI=1S/C16H25N3O/c1-9(14-10(2)18-19(4)11(14)3)17-16(20)15-12-7-5-6-8-13(12)15/h9,12-13,15H,5-8H2,1-4H3,(H,17,20)/t9-,12-,13-/m0/s1. The molecule has 0 radical (unpaired) electrons. The maximum atomic E-state index is 12.4. The summed E-state index contributed by atoms with van der Waals surface area (Å²) in [7, 11) is 1.95. The Morgan fingerprint density at radius 1 is 1.30 bits per heavy atom. The normalized spacial score (nSPS) is 29.7. The summed E-state index contributed by atoms with van der Waals surface area (Å²) in [6, 6.07) is 0.0545. The highest BCUT2D eigenvalue weighted by atomic mass is 16.2. The summed E-state index contributed by atoms with van der Waals surface area (Å²) in [5, 5.41) is 7.65. The molecule has 3 rings (SSSR count). The molecule has 2 aliphatic rings. The zero-order chi connectivity index (χ0) is 14.4. The Morgan fingerprint density at radius 2 is 1.90 bits per heavy atom. The van der Waals surface area contributed by atoms with E-state index in [4.69, 9.17) is 0 Å². The van der Waals surface area contributed by atoms with Crippen LogP contribution in [0.5, 0.6) is 0 Å². The molecule has 0 bridgehead atoms. The summed E-state index contributed by atoms with van der Waals surface area (Å²) in [6.07, 6.45) is 5.12. The second-order valence-corrected chi connectivity index (χ2v) is 6.58. The molecule has 2 aliphatic carbocycles. The fourth-order valence-electron chi connectivity index (χ4n) is 4.18. The number of aromatic nitrogens is 2. The third-order valence-electron chi connectivity index (χ3n) is 5.32. The fraction of sp³-hybridized carbons (Fsp3) is 0.750. The molecule has 1 aromatic rings. The average molecular weight is 275 g/mol. The molecule has 0 aromatic carbocycles. The Bertz CT molecular complexity index is 522. The van der Waals surface area contributed by atoms with Gasteiger partial charge in [0.25, 0.3) is 0 Å². The van der Waals surface area contributed by atoms with Crippen LogP contribution in [0.2, 0.25) is 0 Å². The molecule has 4 nitrogen and oxygen atoms in total. The SMILES string of the molecule is Cc1nn(C)c(C)c1[C@H](C)NC(=O)C1[C@H]2CCCC[C@H]12. The molecule has 1 heterocycles. The number of aryl methyl sites for hydroxylation is 2. The Hall–Kier alpha value is -1.32. The number of carbonyl (C=O) groups is 1. The molecule has 0 saturated heterocycles. The van der Waals surface area contributed by atoms with Gasteiger partial charge in [0.05, 0.1) is 11.7 Å². The quantitative estimate of drug-likeness (QED) is 0.922. The van der Waals surface area contributed by atoms with Crippen molar-refractivity contribution in [2.24, 2.45) is 24.8 Å². The van der Waals surface area contributed by atoms with Crippen LogP contribution in [-0.2, 0) is 11.8 Å². The molecule has 1 N–H and O–H groups in total. The smallest absolute Gasteiger partial charge is 0.224 e. The van der Waals surface area contributed by atoms with E-state index in [1.807, 2.05) is 18.7 Å². The van der Waals surface area contributed by atoms with Gasteiger partial charge in [0.1, 0.15) is 0 Å². The Balaban J connectivity index is 1.67. The Labute approximate surface area is 120 Å². The fourth-order valence-corrected chi connectivity index (χ4v) is 4.18. The van der Waals surface area contributed by atoms with Gasteiger partial charge in [0, 0.05) is 24.2 Å². The molecule has 2 saturated carbocycles. The number of hydrogen-bond donors (Lipinski definition) is 1. The van der Waals surface area contributed by atoms with Crippen LogP contribution < -0.4 is 5.32 Å². The number of fused-ring (bicyclic) bond motifs is 1. The van der Waals surface area contributed by atoms with Gasteiger partial charge in [0.15, 0.2) is 0 Å². The van der Waals surface area contributed by atoms with Crippen molar-refractivity contribution in [1.29, 1.82) is 0 Å². The van der Waals surface area contributed by atoms with Crippen LogP contribution >= 0.6 is 0 Å². The highest BCUT2D eigenvalue weighted by molar-refractivity contribution is 5.82. The lowest BCUT2D eigenvalue weighted by Gasteiger charge is -2.15. The minimum atomic E-state index is 0.0545. The van der Waals surface area contributed by atoms with Crippen LogP contribution in [0.25, 0.3) is 0 Å². The number of carbonyl (C=O) groups excluding carboxylic acids is 1. The summed E-state index contributed by atoms with van der Waals surface area (Å²) in [5.41, 5.74) is 3.33. The first kappa shape index (κ1) is 13.7. The van der Waals surface area contributed by atoms with Crippen molar-refractivity contribution in [3.8, 4) is 0 Å². The Morgan fingerprint density at radius 3 is 2.40 bits per heavy atom. The lowest BCUT2D eigenvalue weighted by atomic mass is 10.0. The van der Waals surface area contributed by atoms with Gasteiger partial charge in [-0.1, -0.05) is 12.8 Å². The van der Waals surface area contributed by atoms with Crippen molar-refractivity contribution in [3.63, 3.8) is 0 Å². The van der Waals surface area contributed by atoms with Gasteiger partial charge in [-0.25, -0.2) is 0 Å². The molecular formula is C16H25N3O. The van der Waals surface area contributed by atoms with Gasteiger partial charge >= 0.3 is 0 Å². The van der Waals surface area contributed by atoms with E-state index in [2.05, 4.69) is 24.3 Å². The third kappa shape index (κ3) is 2.15. The molecule has 0 spiro atoms. The van der Waals surface area contributed by atoms with E-state index in [0.29, 0.717) is 11.8 Å². The minimum absolute atomic E-state index is 0.0545. The predicted molar refractivity (Wildman–Crippen MR) is 78.2 cm³/mol. The molecular weight excluding hydrogens is 250 g/mol. The first-order valence-electron chi connectivity index (χ1n) is 7.81. The van der Waals surface area contributed by atoms with Gasteiger partial charge in [-0.3, -0.25) is 9.48 Å². The maximum Gasteiger partial charge on any atom is 0.224 e. The largest absolute Gasteiger partial charge is 0.349 e. The number of nitrogens with zero attached hydrogens (tertiary/aromatic N) is 2. The van der Waals surface area contributed by atoms with Crippen molar-refractivity contribution in [2.45, 2.75) is 52.5 Å². The zero-order valence-corrected chi connectivity index (χ0v) is 12.9. The number of amides is 1. The molecule has 2 fully saturated rings. The van der Waals surface area contributed by atoms with Gasteiger partial charge in [-0.05, 0) is 45.4 Å². The molecule has 20 heavy (non-hydrogen) atoms. The van der Waals surface area contributed by atoms with Crippen molar-refractivity contribution in [3.05, 3.63) is 17.0 Å². The van der Waals surface area contributed by atoms with E-state index in [1.54, 1.807) is 0 Å². The van der Waals surface area contributed by atoms with E-state index in [-0.39, 0.29) is 17.9 Å². The monoisotopic (exact) mass is 275 g/mol. The van der Waals surface area contributed by atoms with Crippen LogP contribution in [0.15, 0.2) is 0 Å². The molecule has 4 heteroatoms. The highest BCUT2D eigenvalue weighted by Gasteiger charge is 2.54. The molecule has 0 unspecified atom stereocenters. The van der Waals surface area contributed by atoms with Crippen LogP contribution in [0.1, 0.15) is 55.6 Å². The lowest BCUT2D eigenvalue weighted by Crippen LogP contribution is -2.29. The number of hydrogen-bond acceptors (Lipinski definition) is 2. The summed E-state index contributed by atoms with van der Waals surface area (Å²) in [4.78, 5) is 12.4. The molecule has 1 aromatic heterocycles. The third-order valence-corrected chi connectivity index (χ3v) is 5.32. The molecule has 1 amide bonds. The van der Waals surface area contributed by atoms with E-state index in [0.717, 1.165) is 11.4 Å². The molecule has 110 valence electrons. The summed E-state index contributed by atoms with van der Waals surface area (Å²) >= 11 is 0. The van der Waals surface area contributed by atoms with Crippen LogP contribution in [-0.4, -0.2) is 15.7 Å². The summed E-state index contributed by atoms with van der Waals surface area (Å²) in [5.74, 6) is 1.90. The van der Waals surface area contributed by atoms with Gasteiger partial charge < -0.3 is 5.32 Å². The minimum Gasteiger partial charge on any atom is -0.349 e. The Kier molecular flexibility index (Phi) is 3.35. The van der Waals surface area contributed by atoms with E-state index >= 15 is 0 Å². The van der Waals surface area contributed by atoms with Crippen LogP contribution in [0.3, 0.4) is 0 Å². The first-order chi connectivity index (χ1) is 9.50. The second kappa shape index (κ2) is 4.90. The van der Waals surface area contributed by atoms with Crippen molar-refractivity contribution in [1.82, 2.24) is 15.1 Å². The topological polar surface area (TPSA) is 46.9 Å². The van der Waals surface area contributed by atoms with E-state index < -0.39 is 0 Å². The predicted octanol–water partition coefficient (Wildman–Crippen LogP) is 2.65. The van der Waals surface area contributed by atoms with Crippen molar-refractivity contribution < 1.29 is 4.79 Å². The highest BCUT2D eigenvalue weighted by Crippen LogP contribution is 2.55. The summed E-state index contributed by atoms with van der Waals surface area (Å²) < 4.78 is 1.89. The van der Waals surface area contributed by atoms with E-state index in [9.17, 15) is 4.79 Å². The maximum absolute atomic E-state index is 12.4. The van der Waals surface area contributed by atoms with E-state index in [1.165, 1.54) is 31.2 Å². The van der Waals surface area contributed by atoms with Gasteiger partial charge in [-0.15, -0.1) is 0 Å². The van der Waals surface area contributed by atoms with Crippen LogP contribution in [0, 0.1) is 31.6 Å². The average Bonchev–Trinajstić information content (AvgIpc) is 3.06. The molecule has 3 atom stereocenters. The van der Waals surface area contributed by atoms with Crippen LogP contribution in [0.4, 0.5) is 0 Å². The first-order valence-corrected chi connectivity index (χ1v) is 7.81. The molecule has 0 aliphatic heterocycles. The number of nitrogens with one attached hydrogen (secondary N) is 1.